The Bertz CT molecular complexity index is 4650. The summed E-state index contributed by atoms with van der Waals surface area (Å²) in [5.41, 5.74) is 8.47. The van der Waals surface area contributed by atoms with E-state index in [1.165, 1.54) is 0 Å². The number of aryl methyl sites for hydroxylation is 1. The van der Waals surface area contributed by atoms with Crippen molar-refractivity contribution in [3.05, 3.63) is 158 Å². The number of carboxylic acids is 1. The minimum absolute atomic E-state index is 0. The third kappa shape index (κ3) is 20.6. The molecule has 31 nitrogen and oxygen atoms in total. The van der Waals surface area contributed by atoms with Gasteiger partial charge >= 0.3 is 12.1 Å². The second-order valence-corrected chi connectivity index (χ2v) is 33.8. The molecule has 9 aliphatic heterocycles. The third-order valence-electron chi connectivity index (χ3n) is 24.6. The van der Waals surface area contributed by atoms with E-state index in [0.717, 1.165) is 82.1 Å². The maximum atomic E-state index is 14.7. The van der Waals surface area contributed by atoms with Crippen LogP contribution in [0.5, 0.6) is 5.75 Å². The Kier molecular flexibility index (Phi) is 28.2. The number of aromatic hydroxyl groups is 1. The minimum atomic E-state index is -1.17. The van der Waals surface area contributed by atoms with Crippen LogP contribution in [-0.2, 0) is 79.3 Å². The van der Waals surface area contributed by atoms with E-state index in [2.05, 4.69) is 93.9 Å². The summed E-state index contributed by atoms with van der Waals surface area (Å²) >= 11 is 6.81. The lowest BCUT2D eigenvalue weighted by atomic mass is 9.83. The van der Waals surface area contributed by atoms with Gasteiger partial charge < -0.3 is 76.3 Å². The number of piperidine rings is 4. The van der Waals surface area contributed by atoms with E-state index in [9.17, 15) is 53.1 Å². The zero-order chi connectivity index (χ0) is 81.9. The normalized spacial score (nSPS) is 19.1. The number of carboxylic acid groups (broad SMARTS) is 1. The number of carbonyl (C=O) groups excluding carboxylic acids is 9. The number of carbonyl (C=O) groups is 10. The van der Waals surface area contributed by atoms with Gasteiger partial charge in [0.25, 0.3) is 0 Å². The van der Waals surface area contributed by atoms with Crippen LogP contribution in [0, 0.1) is 30.6 Å². The standard InChI is InChI=1S/C46H55N9O7.C39H46Br2N8O6.H3N/c1-30-21-32(23-34-28-48-29-37(30)34)22-33(25-41(56)53-15-8-36(9-16-53)55-40-3-2-10-49-38(40)26-43(55)58)45(61)50-39(24-31-6-13-52(14-7-31)42(57)27-44(59)60)46(62)54-19-17-51(18-20-54)35-4-11-47-12-5-35;40-30-21-26(22-31(41)34(30)51)20-27(24-33(50)48-14-7-39(8-15-48)29-2-1-9-44-35(29)46-38(54)55-39)36(52)45-32(23-25-3-10-42-11-4-25)37(53)49-18-16-47(17-19-49)28-5-12-43-13-6-28;/h2-5,10-12,21,23,28,31,33,36,39H,6-9,13-20,22,24-27,29H2,1H3,(H,50,61)(H,59,60);1-2,5-6,9,12-13,21-22,25,27,32,42,51H,3-4,7-8,10-11,14-20,23-24H2,(H,45,52)(H,44,46,54);1H3/p+1/t33-,39-;27-,32-;/m00./s1. The number of hydrogen-bond acceptors (Lipinski definition) is 20. The Morgan fingerprint density at radius 2 is 1.11 bits per heavy atom. The number of anilines is 4. The Morgan fingerprint density at radius 1 is 0.602 bits per heavy atom. The van der Waals surface area contributed by atoms with Gasteiger partial charge in [-0.3, -0.25) is 68.4 Å². The van der Waals surface area contributed by atoms with Crippen LogP contribution in [0.1, 0.15) is 123 Å². The van der Waals surface area contributed by atoms with E-state index in [1.54, 1.807) is 75.0 Å². The van der Waals surface area contributed by atoms with Gasteiger partial charge in [0.05, 0.1) is 45.1 Å². The van der Waals surface area contributed by atoms with Gasteiger partial charge in [-0.2, -0.15) is 0 Å². The summed E-state index contributed by atoms with van der Waals surface area (Å²) in [6.07, 6.45) is 17.5. The van der Waals surface area contributed by atoms with Crippen LogP contribution < -0.4 is 42.1 Å². The number of rotatable bonds is 23. The number of phenolic OH excluding ortho intramolecular Hbond substituents is 1. The number of likely N-dealkylation sites (tertiary alicyclic amines) is 3. The molecule has 33 heteroatoms. The molecule has 118 heavy (non-hydrogen) atoms. The van der Waals surface area contributed by atoms with Crippen LogP contribution in [0.2, 0.25) is 0 Å². The summed E-state index contributed by atoms with van der Waals surface area (Å²) in [6, 6.07) is 21.2. The molecular formula is C85H105Br2N18O13+. The number of pyridine rings is 4. The zero-order valence-electron chi connectivity index (χ0n) is 66.8. The molecule has 0 unspecified atom stereocenters. The first-order valence-electron chi connectivity index (χ1n) is 40.8. The molecule has 6 saturated heterocycles. The molecule has 2 aromatic carbocycles. The van der Waals surface area contributed by atoms with Crippen LogP contribution >= 0.6 is 31.9 Å². The number of benzene rings is 2. The third-order valence-corrected chi connectivity index (χ3v) is 25.8. The quantitative estimate of drug-likeness (QED) is 0.0302. The number of quaternary nitrogens is 1. The topological polar surface area (TPSA) is 395 Å². The zero-order valence-corrected chi connectivity index (χ0v) is 70.0. The van der Waals surface area contributed by atoms with Crippen LogP contribution in [0.4, 0.5) is 27.7 Å². The summed E-state index contributed by atoms with van der Waals surface area (Å²) in [6.45, 7) is 11.2. The number of piperazine rings is 2. The average Bonchev–Trinajstić information content (AvgIpc) is 1.04. The molecule has 15 rings (SSSR count). The molecule has 4 aromatic heterocycles. The van der Waals surface area contributed by atoms with E-state index in [0.29, 0.717) is 164 Å². The largest absolute Gasteiger partial charge is 0.506 e. The van der Waals surface area contributed by atoms with Crippen molar-refractivity contribution in [2.24, 2.45) is 28.7 Å². The van der Waals surface area contributed by atoms with Gasteiger partial charge in [-0.15, -0.1) is 0 Å². The van der Waals surface area contributed by atoms with E-state index in [1.807, 2.05) is 71.5 Å². The van der Waals surface area contributed by atoms with Crippen molar-refractivity contribution >= 4 is 120 Å². The first kappa shape index (κ1) is 85.4. The molecule has 9 aliphatic rings. The lowest BCUT2D eigenvalue weighted by molar-refractivity contribution is -0.145. The number of ether oxygens (including phenoxy) is 1. The number of aromatic nitrogens is 4. The molecule has 0 saturated carbocycles. The van der Waals surface area contributed by atoms with Gasteiger partial charge in [0.15, 0.2) is 0 Å². The van der Waals surface area contributed by atoms with Crippen molar-refractivity contribution in [3.8, 4) is 5.75 Å². The highest BCUT2D eigenvalue weighted by molar-refractivity contribution is 9.11. The average molecular weight is 1750 g/mol. The molecule has 4 atom stereocenters. The van der Waals surface area contributed by atoms with Gasteiger partial charge in [0, 0.05) is 184 Å². The maximum Gasteiger partial charge on any atom is 0.413 e. The van der Waals surface area contributed by atoms with Crippen LogP contribution in [0.25, 0.3) is 0 Å². The number of amides is 9. The van der Waals surface area contributed by atoms with E-state index >= 15 is 0 Å². The Hall–Kier alpha value is -10.5. The Morgan fingerprint density at radius 3 is 1.67 bits per heavy atom. The molecule has 0 radical (unpaired) electrons. The fourth-order valence-corrected chi connectivity index (χ4v) is 19.4. The minimum Gasteiger partial charge on any atom is -0.506 e. The molecule has 13 heterocycles. The first-order chi connectivity index (χ1) is 56.6. The molecule has 626 valence electrons. The van der Waals surface area contributed by atoms with E-state index in [-0.39, 0.29) is 103 Å². The first-order valence-corrected chi connectivity index (χ1v) is 42.4. The lowest BCUT2D eigenvalue weighted by Crippen LogP contribution is -2.56. The van der Waals surface area contributed by atoms with Crippen LogP contribution in [0.15, 0.2) is 124 Å². The highest BCUT2D eigenvalue weighted by Gasteiger charge is 2.47. The van der Waals surface area contributed by atoms with E-state index < -0.39 is 53.9 Å². The maximum absolute atomic E-state index is 14.7. The summed E-state index contributed by atoms with van der Waals surface area (Å²) in [4.78, 5) is 172. The molecular weight excluding hydrogens is 1640 g/mol. The molecule has 1 spiro atoms. The van der Waals surface area contributed by atoms with Crippen LogP contribution in [-0.4, -0.2) is 243 Å². The number of nitrogens with one attached hydrogen (secondary N) is 4. The predicted octanol–water partition coefficient (Wildman–Crippen LogP) is 7.72. The van der Waals surface area contributed by atoms with Gasteiger partial charge in [-0.1, -0.05) is 6.07 Å². The molecule has 0 bridgehead atoms. The summed E-state index contributed by atoms with van der Waals surface area (Å²) < 4.78 is 6.76. The monoisotopic (exact) mass is 1740 g/mol. The van der Waals surface area contributed by atoms with E-state index in [4.69, 9.17) is 9.84 Å². The molecule has 0 aliphatic carbocycles. The summed E-state index contributed by atoms with van der Waals surface area (Å²) in [5, 5.41) is 31.9. The highest BCUT2D eigenvalue weighted by atomic mass is 79.9. The molecule has 6 fully saturated rings. The van der Waals surface area contributed by atoms with Crippen molar-refractivity contribution in [3.63, 3.8) is 0 Å². The fraction of sp³-hybridized carbons (Fsp3) is 0.494. The number of halogens is 2. The smallest absolute Gasteiger partial charge is 0.413 e. The Balaban J connectivity index is 0.000000204. The number of fused-ring (bicyclic) bond motifs is 4. The number of phenols is 1. The van der Waals surface area contributed by atoms with Crippen molar-refractivity contribution in [2.45, 2.75) is 140 Å². The SMILES string of the molecule is Cc1cc(C[C@@H](CC(=O)N2CCC(N3C(=O)Cc4ncccc43)CC2)C(=O)N[C@@H](CC2CCN(C(=O)CC(=O)O)CC2)C(=O)N2CCN(c3ccncc3)CC2)cc2c1CN=C2.O=C1Nc2ncccc2C2(CCN(C(=O)C[C@H](Cc3cc(Br)c(O)c(Br)c3)C(=O)N[C@@H](CC3CCNCC3)C(=O)N3CCN(c4ccncc4)CC3)CC2)O1.[NH4+]. The van der Waals surface area contributed by atoms with Crippen molar-refractivity contribution < 1.29 is 62.9 Å². The summed E-state index contributed by atoms with van der Waals surface area (Å²) in [7, 11) is 0. The number of nitrogens with zero attached hydrogens (tertiary/aromatic N) is 13. The number of hydrogen-bond donors (Lipinski definition) is 7. The Labute approximate surface area is 702 Å². The second-order valence-electron chi connectivity index (χ2n) is 32.1. The number of aliphatic imine (C=N–C) groups is 1. The summed E-state index contributed by atoms with van der Waals surface area (Å²) in [5.74, 6) is -3.75. The number of aliphatic carboxylic acids is 1. The van der Waals surface area contributed by atoms with Crippen LogP contribution in [0.3, 0.4) is 0 Å². The molecule has 6 aromatic rings. The van der Waals surface area contributed by atoms with Crippen molar-refractivity contribution in [1.82, 2.24) is 66.5 Å². The highest BCUT2D eigenvalue weighted by Crippen LogP contribution is 2.44. The molecule has 10 N–H and O–H groups in total. The second kappa shape index (κ2) is 38.9. The lowest BCUT2D eigenvalue weighted by Gasteiger charge is -2.43. The van der Waals surface area contributed by atoms with Gasteiger partial charge in [-0.05, 0) is 222 Å². The van der Waals surface area contributed by atoms with Crippen molar-refractivity contribution in [1.29, 1.82) is 0 Å². The van der Waals surface area contributed by atoms with Gasteiger partial charge in [-0.25, -0.2) is 9.78 Å². The fourth-order valence-electron chi connectivity index (χ4n) is 18.1. The van der Waals surface area contributed by atoms with Crippen molar-refractivity contribution in [2.75, 3.05) is 125 Å². The molecule has 9 amide bonds. The van der Waals surface area contributed by atoms with Gasteiger partial charge in [0.2, 0.25) is 47.3 Å². The van der Waals surface area contributed by atoms with Gasteiger partial charge in [0.1, 0.15) is 35.7 Å². The predicted molar refractivity (Wildman–Crippen MR) is 449 cm³/mol.